The van der Waals surface area contributed by atoms with Crippen LogP contribution >= 0.6 is 11.6 Å². The molecule has 70 valence electrons. The van der Waals surface area contributed by atoms with Gasteiger partial charge >= 0.3 is 0 Å². The first kappa shape index (κ1) is 9.99. The van der Waals surface area contributed by atoms with Crippen LogP contribution in [0.3, 0.4) is 0 Å². The van der Waals surface area contributed by atoms with E-state index in [4.69, 9.17) is 11.6 Å². The Hall–Kier alpha value is -1.09. The molecule has 1 unspecified atom stereocenters. The van der Waals surface area contributed by atoms with Crippen LogP contribution in [0.2, 0.25) is 0 Å². The molecule has 0 saturated carbocycles. The summed E-state index contributed by atoms with van der Waals surface area (Å²) in [5.41, 5.74) is 0.924. The van der Waals surface area contributed by atoms with E-state index < -0.39 is 5.38 Å². The second kappa shape index (κ2) is 4.23. The Morgan fingerprint density at radius 3 is 2.92 bits per heavy atom. The van der Waals surface area contributed by atoms with Gasteiger partial charge in [-0.25, -0.2) is 4.98 Å². The number of pyridine rings is 1. The van der Waals surface area contributed by atoms with E-state index in [0.29, 0.717) is 5.82 Å². The van der Waals surface area contributed by atoms with E-state index in [1.165, 1.54) is 0 Å². The molecule has 1 heterocycles. The Morgan fingerprint density at radius 1 is 1.69 bits per heavy atom. The average molecular weight is 199 g/mol. The Balaban J connectivity index is 2.75. The van der Waals surface area contributed by atoms with E-state index in [1.54, 1.807) is 13.1 Å². The fraction of sp³-hybridized carbons (Fsp3) is 0.333. The molecule has 1 atom stereocenters. The number of nitrogens with zero attached hydrogens (tertiary/aromatic N) is 1. The van der Waals surface area contributed by atoms with Crippen LogP contribution < -0.4 is 5.32 Å². The van der Waals surface area contributed by atoms with Crippen molar-refractivity contribution in [2.45, 2.75) is 19.2 Å². The molecule has 0 aliphatic rings. The summed E-state index contributed by atoms with van der Waals surface area (Å²) in [6.07, 6.45) is 1.63. The lowest BCUT2D eigenvalue weighted by molar-refractivity contribution is -0.115. The van der Waals surface area contributed by atoms with Gasteiger partial charge in [-0.05, 0) is 25.5 Å². The molecule has 0 aromatic carbocycles. The number of aromatic nitrogens is 1. The summed E-state index contributed by atoms with van der Waals surface area (Å²) in [5.74, 6) is 0.337. The number of amides is 1. The molecule has 0 radical (unpaired) electrons. The number of rotatable bonds is 2. The van der Waals surface area contributed by atoms with Crippen LogP contribution in [0.25, 0.3) is 0 Å². The highest BCUT2D eigenvalue weighted by Gasteiger charge is 2.10. The molecule has 13 heavy (non-hydrogen) atoms. The maximum Gasteiger partial charge on any atom is 0.243 e. The van der Waals surface area contributed by atoms with Crippen molar-refractivity contribution in [3.05, 3.63) is 23.9 Å². The van der Waals surface area contributed by atoms with E-state index >= 15 is 0 Å². The van der Waals surface area contributed by atoms with Crippen molar-refractivity contribution in [1.82, 2.24) is 4.98 Å². The van der Waals surface area contributed by atoms with E-state index in [1.807, 2.05) is 19.1 Å². The molecule has 1 rings (SSSR count). The van der Waals surface area contributed by atoms with Crippen molar-refractivity contribution in [3.63, 3.8) is 0 Å². The zero-order valence-corrected chi connectivity index (χ0v) is 8.30. The fourth-order valence-electron chi connectivity index (χ4n) is 0.833. The Labute approximate surface area is 82.1 Å². The van der Waals surface area contributed by atoms with Gasteiger partial charge in [0, 0.05) is 6.20 Å². The number of carbonyl (C=O) groups excluding carboxylic acids is 1. The molecule has 0 fully saturated rings. The Morgan fingerprint density at radius 2 is 2.38 bits per heavy atom. The second-order valence-electron chi connectivity index (χ2n) is 2.77. The van der Waals surface area contributed by atoms with Gasteiger partial charge in [-0.1, -0.05) is 6.07 Å². The van der Waals surface area contributed by atoms with Gasteiger partial charge in [0.2, 0.25) is 5.91 Å². The van der Waals surface area contributed by atoms with Crippen molar-refractivity contribution in [3.8, 4) is 0 Å². The molecule has 0 saturated heterocycles. The number of nitrogens with one attached hydrogen (secondary N) is 1. The predicted octanol–water partition coefficient (Wildman–Crippen LogP) is 1.96. The number of carbonyl (C=O) groups is 1. The Bertz CT molecular complexity index is 312. The summed E-state index contributed by atoms with van der Waals surface area (Å²) in [7, 11) is 0. The highest BCUT2D eigenvalue weighted by molar-refractivity contribution is 6.32. The minimum atomic E-state index is -0.540. The summed E-state index contributed by atoms with van der Waals surface area (Å²) in [6.45, 7) is 3.50. The van der Waals surface area contributed by atoms with Crippen molar-refractivity contribution in [2.24, 2.45) is 0 Å². The predicted molar refractivity (Wildman–Crippen MR) is 52.9 cm³/mol. The van der Waals surface area contributed by atoms with Gasteiger partial charge in [-0.2, -0.15) is 0 Å². The van der Waals surface area contributed by atoms with Crippen LogP contribution in [0.5, 0.6) is 0 Å². The molecular weight excluding hydrogens is 188 g/mol. The Kier molecular flexibility index (Phi) is 3.25. The largest absolute Gasteiger partial charge is 0.309 e. The van der Waals surface area contributed by atoms with Crippen LogP contribution in [-0.4, -0.2) is 16.3 Å². The van der Waals surface area contributed by atoms with E-state index in [9.17, 15) is 4.79 Å². The fourth-order valence-corrected chi connectivity index (χ4v) is 0.887. The molecule has 1 aromatic heterocycles. The summed E-state index contributed by atoms with van der Waals surface area (Å²) in [6, 6.07) is 3.69. The maximum atomic E-state index is 11.2. The molecule has 1 aromatic rings. The molecule has 0 aliphatic carbocycles. The number of alkyl halides is 1. The normalized spacial score (nSPS) is 12.2. The number of hydrogen-bond acceptors (Lipinski definition) is 2. The molecule has 3 nitrogen and oxygen atoms in total. The topological polar surface area (TPSA) is 42.0 Å². The SMILES string of the molecule is Cc1cccnc1NC(=O)C(C)Cl. The third kappa shape index (κ3) is 2.70. The highest BCUT2D eigenvalue weighted by atomic mass is 35.5. The zero-order chi connectivity index (χ0) is 9.84. The van der Waals surface area contributed by atoms with Gasteiger partial charge in [-0.3, -0.25) is 4.79 Å². The van der Waals surface area contributed by atoms with E-state index in [0.717, 1.165) is 5.56 Å². The van der Waals surface area contributed by atoms with E-state index in [-0.39, 0.29) is 5.91 Å². The molecule has 0 bridgehead atoms. The molecule has 0 spiro atoms. The van der Waals surface area contributed by atoms with Crippen LogP contribution in [0.4, 0.5) is 5.82 Å². The summed E-state index contributed by atoms with van der Waals surface area (Å²) in [5, 5.41) is 2.09. The van der Waals surface area contributed by atoms with Crippen LogP contribution in [0.1, 0.15) is 12.5 Å². The lowest BCUT2D eigenvalue weighted by atomic mass is 10.3. The first-order chi connectivity index (χ1) is 6.11. The smallest absolute Gasteiger partial charge is 0.243 e. The monoisotopic (exact) mass is 198 g/mol. The van der Waals surface area contributed by atoms with Crippen LogP contribution in [0, 0.1) is 6.92 Å². The second-order valence-corrected chi connectivity index (χ2v) is 3.43. The summed E-state index contributed by atoms with van der Waals surface area (Å²) >= 11 is 5.59. The number of aryl methyl sites for hydroxylation is 1. The van der Waals surface area contributed by atoms with Gasteiger partial charge in [-0.15, -0.1) is 11.6 Å². The number of halogens is 1. The molecule has 1 amide bonds. The van der Waals surface area contributed by atoms with Gasteiger partial charge in [0.05, 0.1) is 0 Å². The highest BCUT2D eigenvalue weighted by Crippen LogP contribution is 2.10. The summed E-state index contributed by atoms with van der Waals surface area (Å²) in [4.78, 5) is 15.2. The van der Waals surface area contributed by atoms with E-state index in [2.05, 4.69) is 10.3 Å². The third-order valence-electron chi connectivity index (χ3n) is 1.61. The average Bonchev–Trinajstić information content (AvgIpc) is 2.08. The lowest BCUT2D eigenvalue weighted by Crippen LogP contribution is -2.21. The van der Waals surface area contributed by atoms with Crippen LogP contribution in [-0.2, 0) is 4.79 Å². The zero-order valence-electron chi connectivity index (χ0n) is 7.54. The quantitative estimate of drug-likeness (QED) is 0.739. The molecule has 4 heteroatoms. The summed E-state index contributed by atoms with van der Waals surface area (Å²) < 4.78 is 0. The first-order valence-electron chi connectivity index (χ1n) is 3.98. The van der Waals surface area contributed by atoms with Gasteiger partial charge in [0.15, 0.2) is 0 Å². The van der Waals surface area contributed by atoms with Gasteiger partial charge < -0.3 is 5.32 Å². The molecular formula is C9H11ClN2O. The maximum absolute atomic E-state index is 11.2. The molecule has 0 aliphatic heterocycles. The minimum Gasteiger partial charge on any atom is -0.309 e. The lowest BCUT2D eigenvalue weighted by Gasteiger charge is -2.07. The van der Waals surface area contributed by atoms with Crippen molar-refractivity contribution < 1.29 is 4.79 Å². The van der Waals surface area contributed by atoms with Crippen molar-refractivity contribution >= 4 is 23.3 Å². The minimum absolute atomic E-state index is 0.233. The number of hydrogen-bond donors (Lipinski definition) is 1. The van der Waals surface area contributed by atoms with Crippen molar-refractivity contribution in [2.75, 3.05) is 5.32 Å². The number of anilines is 1. The standard InChI is InChI=1S/C9H11ClN2O/c1-6-4-3-5-11-8(6)12-9(13)7(2)10/h3-5,7H,1-2H3,(H,11,12,13). The molecule has 1 N–H and O–H groups in total. The van der Waals surface area contributed by atoms with Crippen molar-refractivity contribution in [1.29, 1.82) is 0 Å². The third-order valence-corrected chi connectivity index (χ3v) is 1.81. The first-order valence-corrected chi connectivity index (χ1v) is 4.41. The van der Waals surface area contributed by atoms with Gasteiger partial charge in [0.1, 0.15) is 11.2 Å². The van der Waals surface area contributed by atoms with Crippen LogP contribution in [0.15, 0.2) is 18.3 Å². The van der Waals surface area contributed by atoms with Gasteiger partial charge in [0.25, 0.3) is 0 Å².